The van der Waals surface area contributed by atoms with Crippen LogP contribution >= 0.6 is 11.3 Å². The van der Waals surface area contributed by atoms with Crippen molar-refractivity contribution in [2.75, 3.05) is 20.2 Å². The van der Waals surface area contributed by atoms with Gasteiger partial charge in [0.2, 0.25) is 0 Å². The number of aryl methyl sites for hydroxylation is 1. The van der Waals surface area contributed by atoms with E-state index < -0.39 is 0 Å². The summed E-state index contributed by atoms with van der Waals surface area (Å²) in [6, 6.07) is 0. The number of unbranched alkanes of at least 4 members (excludes halogenated alkanes) is 2. The highest BCUT2D eigenvalue weighted by atomic mass is 32.1. The lowest BCUT2D eigenvalue weighted by Crippen LogP contribution is -2.19. The molecule has 0 fully saturated rings. The molecular weight excluding hydrogens is 208 g/mol. The van der Waals surface area contributed by atoms with E-state index in [1.54, 1.807) is 11.3 Å². The van der Waals surface area contributed by atoms with Crippen molar-refractivity contribution < 1.29 is 5.11 Å². The molecule has 0 aliphatic heterocycles. The zero-order chi connectivity index (χ0) is 11.1. The highest BCUT2D eigenvalue weighted by Gasteiger charge is 2.04. The van der Waals surface area contributed by atoms with Gasteiger partial charge in [-0.25, -0.2) is 4.98 Å². The Hall–Kier alpha value is -0.450. The van der Waals surface area contributed by atoms with Gasteiger partial charge in [0.1, 0.15) is 0 Å². The lowest BCUT2D eigenvalue weighted by Gasteiger charge is -2.15. The van der Waals surface area contributed by atoms with Crippen LogP contribution in [0.1, 0.15) is 29.8 Å². The highest BCUT2D eigenvalue weighted by molar-refractivity contribution is 7.09. The molecule has 0 atom stereocenters. The maximum atomic E-state index is 8.66. The molecule has 0 radical (unpaired) electrons. The number of nitrogens with zero attached hydrogens (tertiary/aromatic N) is 2. The van der Waals surface area contributed by atoms with Gasteiger partial charge in [0.25, 0.3) is 0 Å². The van der Waals surface area contributed by atoms with Crippen LogP contribution in [0, 0.1) is 6.92 Å². The van der Waals surface area contributed by atoms with Crippen molar-refractivity contribution in [3.8, 4) is 0 Å². The van der Waals surface area contributed by atoms with E-state index in [2.05, 4.69) is 23.9 Å². The standard InChI is InChI=1S/C11H20N2OS/c1-10-11(15-9-12-10)8-13(2)6-4-3-5-7-14/h9,14H,3-8H2,1-2H3. The molecule has 0 bridgehead atoms. The van der Waals surface area contributed by atoms with Gasteiger partial charge >= 0.3 is 0 Å². The van der Waals surface area contributed by atoms with Crippen LogP contribution < -0.4 is 0 Å². The predicted molar refractivity (Wildman–Crippen MR) is 64.1 cm³/mol. The SMILES string of the molecule is Cc1ncsc1CN(C)CCCCCO. The van der Waals surface area contributed by atoms with Gasteiger partial charge in [-0.2, -0.15) is 0 Å². The lowest BCUT2D eigenvalue weighted by molar-refractivity contribution is 0.271. The average molecular weight is 228 g/mol. The van der Waals surface area contributed by atoms with Gasteiger partial charge in [-0.1, -0.05) is 0 Å². The lowest BCUT2D eigenvalue weighted by atomic mass is 10.2. The summed E-state index contributed by atoms with van der Waals surface area (Å²) in [6.07, 6.45) is 3.20. The average Bonchev–Trinajstić information content (AvgIpc) is 2.59. The monoisotopic (exact) mass is 228 g/mol. The topological polar surface area (TPSA) is 36.4 Å². The Bertz CT molecular complexity index is 275. The molecule has 0 saturated heterocycles. The van der Waals surface area contributed by atoms with Crippen LogP contribution in [-0.2, 0) is 6.54 Å². The first-order chi connectivity index (χ1) is 7.24. The summed E-state index contributed by atoms with van der Waals surface area (Å²) in [5.74, 6) is 0. The fourth-order valence-electron chi connectivity index (χ4n) is 1.47. The summed E-state index contributed by atoms with van der Waals surface area (Å²) in [5.41, 5.74) is 3.06. The Morgan fingerprint density at radius 2 is 2.20 bits per heavy atom. The van der Waals surface area contributed by atoms with Crippen LogP contribution in [-0.4, -0.2) is 35.2 Å². The van der Waals surface area contributed by atoms with E-state index in [0.717, 1.165) is 38.0 Å². The Morgan fingerprint density at radius 1 is 1.40 bits per heavy atom. The number of aromatic nitrogens is 1. The summed E-state index contributed by atoms with van der Waals surface area (Å²) in [5, 5.41) is 8.66. The number of aliphatic hydroxyl groups is 1. The summed E-state index contributed by atoms with van der Waals surface area (Å²) >= 11 is 1.73. The fraction of sp³-hybridized carbons (Fsp3) is 0.727. The van der Waals surface area contributed by atoms with Crippen LogP contribution in [0.25, 0.3) is 0 Å². The molecule has 0 unspecified atom stereocenters. The molecule has 0 aromatic carbocycles. The van der Waals surface area contributed by atoms with Crippen molar-refractivity contribution in [1.82, 2.24) is 9.88 Å². The van der Waals surface area contributed by atoms with E-state index in [1.165, 1.54) is 4.88 Å². The molecular formula is C11H20N2OS. The first kappa shape index (κ1) is 12.6. The van der Waals surface area contributed by atoms with Crippen LogP contribution in [0.3, 0.4) is 0 Å². The largest absolute Gasteiger partial charge is 0.396 e. The third-order valence-electron chi connectivity index (χ3n) is 2.46. The van der Waals surface area contributed by atoms with Gasteiger partial charge in [-0.3, -0.25) is 0 Å². The molecule has 3 nitrogen and oxygen atoms in total. The van der Waals surface area contributed by atoms with Gasteiger partial charge in [-0.05, 0) is 39.8 Å². The van der Waals surface area contributed by atoms with Crippen LogP contribution in [0.5, 0.6) is 0 Å². The van der Waals surface area contributed by atoms with Crippen molar-refractivity contribution in [2.45, 2.75) is 32.7 Å². The van der Waals surface area contributed by atoms with Gasteiger partial charge in [-0.15, -0.1) is 11.3 Å². The molecule has 0 aliphatic carbocycles. The predicted octanol–water partition coefficient (Wildman–Crippen LogP) is 2.05. The van der Waals surface area contributed by atoms with Gasteiger partial charge in [0.05, 0.1) is 11.2 Å². The highest BCUT2D eigenvalue weighted by Crippen LogP contribution is 2.14. The normalized spacial score (nSPS) is 11.2. The first-order valence-electron chi connectivity index (χ1n) is 5.42. The number of rotatable bonds is 7. The second-order valence-electron chi connectivity index (χ2n) is 3.88. The second-order valence-corrected chi connectivity index (χ2v) is 4.82. The van der Waals surface area contributed by atoms with Gasteiger partial charge < -0.3 is 10.0 Å². The number of thiazole rings is 1. The fourth-order valence-corrected chi connectivity index (χ4v) is 2.33. The molecule has 1 aromatic rings. The minimum Gasteiger partial charge on any atom is -0.396 e. The maximum Gasteiger partial charge on any atom is 0.0798 e. The quantitative estimate of drug-likeness (QED) is 0.726. The van der Waals surface area contributed by atoms with Crippen LogP contribution in [0.4, 0.5) is 0 Å². The molecule has 1 N–H and O–H groups in total. The number of hydrogen-bond acceptors (Lipinski definition) is 4. The molecule has 0 aliphatic rings. The molecule has 0 spiro atoms. The zero-order valence-corrected chi connectivity index (χ0v) is 10.4. The van der Waals surface area contributed by atoms with Gasteiger partial charge in [0.15, 0.2) is 0 Å². The van der Waals surface area contributed by atoms with E-state index in [4.69, 9.17) is 5.11 Å². The Balaban J connectivity index is 2.18. The van der Waals surface area contributed by atoms with Crippen molar-refractivity contribution in [2.24, 2.45) is 0 Å². The molecule has 0 saturated carbocycles. The molecule has 15 heavy (non-hydrogen) atoms. The summed E-state index contributed by atoms with van der Waals surface area (Å²) in [4.78, 5) is 7.92. The van der Waals surface area contributed by atoms with E-state index in [-0.39, 0.29) is 0 Å². The summed E-state index contributed by atoms with van der Waals surface area (Å²) < 4.78 is 0. The van der Waals surface area contributed by atoms with Crippen LogP contribution in [0.15, 0.2) is 5.51 Å². The van der Waals surface area contributed by atoms with Gasteiger partial charge in [0, 0.05) is 18.0 Å². The molecule has 86 valence electrons. The first-order valence-corrected chi connectivity index (χ1v) is 6.30. The van der Waals surface area contributed by atoms with E-state index in [1.807, 2.05) is 5.51 Å². The second kappa shape index (κ2) is 6.93. The zero-order valence-electron chi connectivity index (χ0n) is 9.57. The van der Waals surface area contributed by atoms with E-state index in [9.17, 15) is 0 Å². The Kier molecular flexibility index (Phi) is 5.83. The van der Waals surface area contributed by atoms with E-state index in [0.29, 0.717) is 6.61 Å². The molecule has 1 heterocycles. The third kappa shape index (κ3) is 4.73. The molecule has 4 heteroatoms. The van der Waals surface area contributed by atoms with Crippen molar-refractivity contribution in [3.63, 3.8) is 0 Å². The smallest absolute Gasteiger partial charge is 0.0798 e. The third-order valence-corrected chi connectivity index (χ3v) is 3.38. The summed E-state index contributed by atoms with van der Waals surface area (Å²) in [7, 11) is 2.14. The van der Waals surface area contributed by atoms with Crippen molar-refractivity contribution in [3.05, 3.63) is 16.1 Å². The number of aliphatic hydroxyl groups excluding tert-OH is 1. The minimum absolute atomic E-state index is 0.317. The molecule has 0 amide bonds. The van der Waals surface area contributed by atoms with Crippen molar-refractivity contribution >= 4 is 11.3 Å². The van der Waals surface area contributed by atoms with E-state index >= 15 is 0 Å². The number of hydrogen-bond donors (Lipinski definition) is 1. The van der Waals surface area contributed by atoms with Crippen molar-refractivity contribution in [1.29, 1.82) is 0 Å². The van der Waals surface area contributed by atoms with Crippen LogP contribution in [0.2, 0.25) is 0 Å². The minimum atomic E-state index is 0.317. The molecule has 1 aromatic heterocycles. The Morgan fingerprint density at radius 3 is 2.80 bits per heavy atom. The summed E-state index contributed by atoms with van der Waals surface area (Å²) in [6.45, 7) is 4.47. The molecule has 1 rings (SSSR count). The maximum absolute atomic E-state index is 8.66. The Labute approximate surface area is 95.8 Å².